The third-order valence-electron chi connectivity index (χ3n) is 17.6. The molecule has 8 nitrogen and oxygen atoms in total. The number of aliphatic hydroxyl groups is 2. The fourth-order valence-electron chi connectivity index (χ4n) is 13.4. The topological polar surface area (TPSA) is 99.5 Å². The molecule has 4 rings (SSSR count). The van der Waals surface area contributed by atoms with Gasteiger partial charge >= 0.3 is 11.9 Å². The minimum atomic E-state index is -0.124. The lowest BCUT2D eigenvalue weighted by molar-refractivity contribution is -0.152. The van der Waals surface area contributed by atoms with Gasteiger partial charge < -0.3 is 19.7 Å². The molecule has 8 atom stereocenters. The number of hydrogen-bond acceptors (Lipinski definition) is 8. The molecule has 0 aliphatic heterocycles. The Labute approximate surface area is 412 Å². The van der Waals surface area contributed by atoms with Crippen molar-refractivity contribution >= 4 is 11.9 Å². The number of ether oxygens (including phenoxy) is 2. The molecular formula is C59H106N2O6. The first kappa shape index (κ1) is 57.8. The van der Waals surface area contributed by atoms with Gasteiger partial charge in [-0.15, -0.1) is 0 Å². The van der Waals surface area contributed by atoms with E-state index in [1.54, 1.807) is 5.57 Å². The molecule has 0 spiro atoms. The Morgan fingerprint density at radius 1 is 0.672 bits per heavy atom. The summed E-state index contributed by atoms with van der Waals surface area (Å²) >= 11 is 0. The van der Waals surface area contributed by atoms with Crippen molar-refractivity contribution in [3.8, 4) is 0 Å². The molecule has 2 fully saturated rings. The summed E-state index contributed by atoms with van der Waals surface area (Å²) in [7, 11) is 0. The zero-order valence-corrected chi connectivity index (χ0v) is 44.7. The summed E-state index contributed by atoms with van der Waals surface area (Å²) in [5, 5.41) is 19.7. The van der Waals surface area contributed by atoms with E-state index in [1.807, 2.05) is 0 Å². The molecule has 0 radical (unpaired) electrons. The molecule has 0 aromatic heterocycles. The Morgan fingerprint density at radius 3 is 1.94 bits per heavy atom. The third-order valence-corrected chi connectivity index (χ3v) is 17.6. The Morgan fingerprint density at radius 2 is 1.30 bits per heavy atom. The number of aliphatic hydroxyl groups excluding tert-OH is 2. The number of carbonyl (C=O) groups is 2. The van der Waals surface area contributed by atoms with Gasteiger partial charge in [0.2, 0.25) is 0 Å². The monoisotopic (exact) mass is 939 g/mol. The van der Waals surface area contributed by atoms with Gasteiger partial charge in [-0.1, -0.05) is 162 Å². The highest BCUT2D eigenvalue weighted by Crippen LogP contribution is 2.65. The van der Waals surface area contributed by atoms with Crippen LogP contribution in [-0.2, 0) is 19.1 Å². The zero-order chi connectivity index (χ0) is 48.5. The molecule has 0 bridgehead atoms. The maximum Gasteiger partial charge on any atom is 0.307 e. The van der Waals surface area contributed by atoms with Crippen LogP contribution in [-0.4, -0.2) is 96.6 Å². The molecule has 8 heteroatoms. The lowest BCUT2D eigenvalue weighted by Gasteiger charge is -2.58. The van der Waals surface area contributed by atoms with Crippen molar-refractivity contribution in [1.29, 1.82) is 0 Å². The fraction of sp³-hybridized carbons (Fsp3) is 0.898. The minimum Gasteiger partial charge on any atom is -0.462 e. The van der Waals surface area contributed by atoms with Gasteiger partial charge in [0.1, 0.15) is 12.2 Å². The van der Waals surface area contributed by atoms with Crippen LogP contribution in [0.25, 0.3) is 0 Å². The summed E-state index contributed by atoms with van der Waals surface area (Å²) < 4.78 is 12.3. The molecule has 4 aliphatic rings. The first-order valence-corrected chi connectivity index (χ1v) is 28.8. The van der Waals surface area contributed by atoms with Gasteiger partial charge in [-0.3, -0.25) is 19.4 Å². The van der Waals surface area contributed by atoms with Crippen LogP contribution in [0.3, 0.4) is 0 Å². The highest BCUT2D eigenvalue weighted by atomic mass is 16.5. The summed E-state index contributed by atoms with van der Waals surface area (Å²) in [6.45, 7) is 21.0. The molecule has 0 heterocycles. The van der Waals surface area contributed by atoms with E-state index in [4.69, 9.17) is 9.47 Å². The van der Waals surface area contributed by atoms with Gasteiger partial charge in [0, 0.05) is 45.6 Å². The predicted molar refractivity (Wildman–Crippen MR) is 279 cm³/mol. The van der Waals surface area contributed by atoms with Gasteiger partial charge in [0.05, 0.1) is 19.6 Å². The first-order chi connectivity index (χ1) is 32.4. The molecule has 2 saturated carbocycles. The fourth-order valence-corrected chi connectivity index (χ4v) is 13.4. The average Bonchev–Trinajstić information content (AvgIpc) is 3.66. The maximum absolute atomic E-state index is 13.2. The molecule has 0 amide bonds. The summed E-state index contributed by atoms with van der Waals surface area (Å²) in [4.78, 5) is 30.7. The normalized spacial score (nSPS) is 26.2. The van der Waals surface area contributed by atoms with Crippen LogP contribution in [0.15, 0.2) is 23.8 Å². The van der Waals surface area contributed by atoms with E-state index in [0.29, 0.717) is 56.3 Å². The number of allylic oxidation sites excluding steroid dienone is 3. The van der Waals surface area contributed by atoms with Gasteiger partial charge in [-0.05, 0) is 124 Å². The van der Waals surface area contributed by atoms with E-state index >= 15 is 0 Å². The van der Waals surface area contributed by atoms with Crippen LogP contribution in [0.4, 0.5) is 0 Å². The number of nitrogens with zero attached hydrogens (tertiary/aromatic N) is 2. The molecule has 388 valence electrons. The smallest absolute Gasteiger partial charge is 0.307 e. The molecule has 8 unspecified atom stereocenters. The summed E-state index contributed by atoms with van der Waals surface area (Å²) in [5.74, 6) is 4.22. The molecule has 0 saturated heterocycles. The Kier molecular flexibility index (Phi) is 27.2. The zero-order valence-electron chi connectivity index (χ0n) is 44.7. The second-order valence-corrected chi connectivity index (χ2v) is 23.2. The number of fused-ring (bicyclic) bond motifs is 5. The Balaban J connectivity index is 1.14. The second kappa shape index (κ2) is 31.6. The molecule has 2 N–H and O–H groups in total. The predicted octanol–water partition coefficient (Wildman–Crippen LogP) is 13.7. The van der Waals surface area contributed by atoms with E-state index in [-0.39, 0.29) is 42.8 Å². The number of unbranched alkanes of at least 4 members (excludes halogenated alkanes) is 12. The quantitative estimate of drug-likeness (QED) is 0.0361. The van der Waals surface area contributed by atoms with Crippen LogP contribution in [0.5, 0.6) is 0 Å². The van der Waals surface area contributed by atoms with E-state index in [9.17, 15) is 19.8 Å². The van der Waals surface area contributed by atoms with E-state index in [2.05, 4.69) is 76.5 Å². The van der Waals surface area contributed by atoms with Crippen molar-refractivity contribution in [1.82, 2.24) is 9.80 Å². The van der Waals surface area contributed by atoms with Crippen molar-refractivity contribution in [2.24, 2.45) is 46.3 Å². The summed E-state index contributed by atoms with van der Waals surface area (Å²) in [6, 6.07) is 0. The lowest BCUT2D eigenvalue weighted by atomic mass is 9.46. The highest BCUT2D eigenvalue weighted by molar-refractivity contribution is 5.70. The molecule has 4 aliphatic carbocycles. The Hall–Kier alpha value is -1.74. The SMILES string of the molecule is CCCCCCCCC(CCCCCCCC)OC(=O)CCN(CCO)CCN(CCO)CCCCCC(=O)OC1CCC2(C)C(=CCC3C2CCC2(C)C(C(C)CCCC(C)C)C=CC32)C1. The van der Waals surface area contributed by atoms with E-state index in [0.717, 1.165) is 101 Å². The van der Waals surface area contributed by atoms with Crippen LogP contribution in [0, 0.1) is 46.3 Å². The van der Waals surface area contributed by atoms with Gasteiger partial charge in [0.15, 0.2) is 0 Å². The maximum atomic E-state index is 13.2. The summed E-state index contributed by atoms with van der Waals surface area (Å²) in [6.07, 6.45) is 39.1. The number of esters is 2. The average molecular weight is 940 g/mol. The van der Waals surface area contributed by atoms with E-state index in [1.165, 1.54) is 103 Å². The van der Waals surface area contributed by atoms with Crippen LogP contribution in [0.2, 0.25) is 0 Å². The van der Waals surface area contributed by atoms with Crippen LogP contribution < -0.4 is 0 Å². The van der Waals surface area contributed by atoms with Crippen molar-refractivity contribution in [2.75, 3.05) is 52.5 Å². The van der Waals surface area contributed by atoms with Crippen molar-refractivity contribution < 1.29 is 29.3 Å². The van der Waals surface area contributed by atoms with Crippen molar-refractivity contribution in [2.45, 2.75) is 240 Å². The molecule has 67 heavy (non-hydrogen) atoms. The molecule has 0 aromatic rings. The Bertz CT molecular complexity index is 1420. The van der Waals surface area contributed by atoms with Crippen LogP contribution in [0.1, 0.15) is 228 Å². The minimum absolute atomic E-state index is 0.0000787. The molecule has 0 aromatic carbocycles. The standard InChI is InChI=1S/C59H106N2O6/c1-8-10-12-14-16-19-26-50(27-20-17-15-13-11-9-2)66-57(65)35-39-61(43-45-63)41-40-60(42-44-62)38-22-18-21-28-56(64)67-51-33-36-58(6)49(46-51)29-30-52-54-32-31-53(48(5)25-23-24-47(3)4)59(54,7)37-34-55(52)58/h29,31-32,47-48,50-55,62-63H,8-28,30,33-46H2,1-7H3. The van der Waals surface area contributed by atoms with Gasteiger partial charge in [0.25, 0.3) is 0 Å². The van der Waals surface area contributed by atoms with Gasteiger partial charge in [-0.25, -0.2) is 0 Å². The van der Waals surface area contributed by atoms with E-state index < -0.39 is 0 Å². The number of hydrogen-bond donors (Lipinski definition) is 2. The highest BCUT2D eigenvalue weighted by Gasteiger charge is 2.57. The van der Waals surface area contributed by atoms with Gasteiger partial charge in [-0.2, -0.15) is 0 Å². The number of carbonyl (C=O) groups excluding carboxylic acids is 2. The molecular weight excluding hydrogens is 833 g/mol. The van der Waals surface area contributed by atoms with Crippen molar-refractivity contribution in [3.63, 3.8) is 0 Å². The first-order valence-electron chi connectivity index (χ1n) is 28.8. The van der Waals surface area contributed by atoms with Crippen molar-refractivity contribution in [3.05, 3.63) is 23.8 Å². The number of rotatable bonds is 37. The largest absolute Gasteiger partial charge is 0.462 e. The van der Waals surface area contributed by atoms with Crippen LogP contribution >= 0.6 is 0 Å². The third kappa shape index (κ3) is 19.1. The lowest BCUT2D eigenvalue weighted by Crippen LogP contribution is -2.51. The summed E-state index contributed by atoms with van der Waals surface area (Å²) in [5.41, 5.74) is 2.19. The second-order valence-electron chi connectivity index (χ2n) is 23.2.